The van der Waals surface area contributed by atoms with Crippen LogP contribution in [-0.2, 0) is 19.1 Å². The van der Waals surface area contributed by atoms with Crippen molar-refractivity contribution in [1.29, 1.82) is 0 Å². The van der Waals surface area contributed by atoms with Crippen molar-refractivity contribution in [2.75, 3.05) is 24.9 Å². The van der Waals surface area contributed by atoms with Crippen molar-refractivity contribution >= 4 is 40.9 Å². The van der Waals surface area contributed by atoms with Gasteiger partial charge in [-0.05, 0) is 61.2 Å². The van der Waals surface area contributed by atoms with Crippen molar-refractivity contribution in [2.45, 2.75) is 60.5 Å². The highest BCUT2D eigenvalue weighted by atomic mass is 16.5. The molecule has 0 saturated carbocycles. The van der Waals surface area contributed by atoms with Crippen LogP contribution in [0.25, 0.3) is 0 Å². The maximum Gasteiger partial charge on any atom is 0.339 e. The largest absolute Gasteiger partial charge is 0.465 e. The number of amides is 2. The molecule has 38 heavy (non-hydrogen) atoms. The van der Waals surface area contributed by atoms with E-state index in [1.165, 1.54) is 34.1 Å². The van der Waals surface area contributed by atoms with E-state index >= 15 is 0 Å². The third kappa shape index (κ3) is 8.52. The number of ketones is 1. The van der Waals surface area contributed by atoms with Crippen LogP contribution in [0.5, 0.6) is 0 Å². The zero-order valence-electron chi connectivity index (χ0n) is 23.1. The number of carbonyl (C=O) groups is 5. The Balaban J connectivity index is 0.000000380. The molecule has 0 aliphatic heterocycles. The van der Waals surface area contributed by atoms with Crippen LogP contribution in [0.15, 0.2) is 24.3 Å². The van der Waals surface area contributed by atoms with Gasteiger partial charge in [-0.15, -0.1) is 0 Å². The molecular weight excluding hydrogens is 492 g/mol. The predicted octanol–water partition coefficient (Wildman–Crippen LogP) is 4.52. The van der Waals surface area contributed by atoms with Gasteiger partial charge in [-0.3, -0.25) is 14.4 Å². The molecule has 0 spiro atoms. The smallest absolute Gasteiger partial charge is 0.339 e. The standard InChI is InChI=1S/C14H19NO4.C14H17NO4/c2*1-5-13(17)10-7-11(14(18)19-4)12(6-8(10)2)15-9(3)16/h6-7,13,17H,5H2,1-4H3,(H,15,16);6-7H,5H2,1-4H3,(H,15,16). The fourth-order valence-corrected chi connectivity index (χ4v) is 3.65. The molecule has 10 nitrogen and oxygen atoms in total. The number of methoxy groups -OCH3 is 2. The summed E-state index contributed by atoms with van der Waals surface area (Å²) >= 11 is 0. The second kappa shape index (κ2) is 14.6. The minimum Gasteiger partial charge on any atom is -0.465 e. The third-order valence-corrected chi connectivity index (χ3v) is 5.57. The van der Waals surface area contributed by atoms with Crippen LogP contribution in [0.1, 0.15) is 94.4 Å². The summed E-state index contributed by atoms with van der Waals surface area (Å²) < 4.78 is 9.36. The molecule has 3 N–H and O–H groups in total. The zero-order chi connectivity index (χ0) is 29.2. The summed E-state index contributed by atoms with van der Waals surface area (Å²) in [6.07, 6.45) is 0.247. The van der Waals surface area contributed by atoms with E-state index in [4.69, 9.17) is 4.74 Å². The number of aryl methyl sites for hydroxylation is 2. The first kappa shape index (κ1) is 32.0. The average Bonchev–Trinajstić information content (AvgIpc) is 2.86. The Hall–Kier alpha value is -4.05. The first-order valence-electron chi connectivity index (χ1n) is 12.0. The fraction of sp³-hybridized carbons (Fsp3) is 0.393. The van der Waals surface area contributed by atoms with Gasteiger partial charge in [0.05, 0.1) is 42.8 Å². The lowest BCUT2D eigenvalue weighted by atomic mass is 9.97. The van der Waals surface area contributed by atoms with Crippen molar-refractivity contribution in [3.63, 3.8) is 0 Å². The number of aliphatic hydroxyl groups is 1. The quantitative estimate of drug-likeness (QED) is 0.335. The van der Waals surface area contributed by atoms with E-state index in [1.54, 1.807) is 32.0 Å². The van der Waals surface area contributed by atoms with Crippen LogP contribution in [0.4, 0.5) is 11.4 Å². The summed E-state index contributed by atoms with van der Waals surface area (Å²) in [7, 11) is 2.52. The summed E-state index contributed by atoms with van der Waals surface area (Å²) in [5.41, 5.74) is 3.82. The second-order valence-electron chi connectivity index (χ2n) is 8.51. The molecule has 2 rings (SSSR count). The molecule has 0 fully saturated rings. The zero-order valence-corrected chi connectivity index (χ0v) is 23.1. The number of nitrogens with one attached hydrogen (secondary N) is 2. The fourth-order valence-electron chi connectivity index (χ4n) is 3.65. The van der Waals surface area contributed by atoms with Crippen molar-refractivity contribution in [3.05, 3.63) is 57.6 Å². The van der Waals surface area contributed by atoms with Gasteiger partial charge in [-0.2, -0.15) is 0 Å². The van der Waals surface area contributed by atoms with Crippen molar-refractivity contribution in [1.82, 2.24) is 0 Å². The van der Waals surface area contributed by atoms with Gasteiger partial charge in [0.2, 0.25) is 11.8 Å². The molecule has 10 heteroatoms. The maximum atomic E-state index is 11.8. The molecule has 2 aromatic rings. The Bertz CT molecular complexity index is 1220. The molecule has 0 bridgehead atoms. The van der Waals surface area contributed by atoms with E-state index < -0.39 is 18.0 Å². The van der Waals surface area contributed by atoms with E-state index in [1.807, 2.05) is 13.8 Å². The summed E-state index contributed by atoms with van der Waals surface area (Å²) in [6.45, 7) is 9.90. The summed E-state index contributed by atoms with van der Waals surface area (Å²) in [4.78, 5) is 57.5. The molecule has 2 amide bonds. The molecule has 0 heterocycles. The second-order valence-corrected chi connectivity index (χ2v) is 8.51. The number of rotatable bonds is 8. The van der Waals surface area contributed by atoms with Crippen molar-refractivity contribution in [2.24, 2.45) is 0 Å². The first-order chi connectivity index (χ1) is 17.8. The van der Waals surface area contributed by atoms with E-state index in [2.05, 4.69) is 15.4 Å². The molecular formula is C28H36N2O8. The normalized spacial score (nSPS) is 10.9. The number of anilines is 2. The van der Waals surface area contributed by atoms with Crippen LogP contribution in [0, 0.1) is 13.8 Å². The van der Waals surface area contributed by atoms with Gasteiger partial charge in [0.1, 0.15) is 0 Å². The van der Waals surface area contributed by atoms with Gasteiger partial charge in [0.15, 0.2) is 5.78 Å². The molecule has 0 aromatic heterocycles. The van der Waals surface area contributed by atoms with E-state index in [0.717, 1.165) is 5.56 Å². The van der Waals surface area contributed by atoms with Crippen molar-refractivity contribution < 1.29 is 38.6 Å². The van der Waals surface area contributed by atoms with Crippen LogP contribution >= 0.6 is 0 Å². The molecule has 0 aliphatic carbocycles. The minimum absolute atomic E-state index is 0.0583. The number of ether oxygens (including phenoxy) is 2. The molecule has 0 aliphatic rings. The maximum absolute atomic E-state index is 11.8. The lowest BCUT2D eigenvalue weighted by Crippen LogP contribution is -2.14. The van der Waals surface area contributed by atoms with Gasteiger partial charge in [-0.1, -0.05) is 13.8 Å². The Kier molecular flexibility index (Phi) is 12.3. The monoisotopic (exact) mass is 528 g/mol. The molecule has 2 aromatic carbocycles. The average molecular weight is 529 g/mol. The van der Waals surface area contributed by atoms with Crippen LogP contribution in [-0.4, -0.2) is 48.9 Å². The summed E-state index contributed by atoms with van der Waals surface area (Å²) in [5.74, 6) is -1.76. The first-order valence-corrected chi connectivity index (χ1v) is 12.0. The summed E-state index contributed by atoms with van der Waals surface area (Å²) in [6, 6.07) is 6.32. The number of hydrogen-bond acceptors (Lipinski definition) is 8. The number of esters is 2. The lowest BCUT2D eigenvalue weighted by Gasteiger charge is -2.16. The Morgan fingerprint density at radius 2 is 1.21 bits per heavy atom. The van der Waals surface area contributed by atoms with Gasteiger partial charge >= 0.3 is 11.9 Å². The lowest BCUT2D eigenvalue weighted by molar-refractivity contribution is -0.115. The highest BCUT2D eigenvalue weighted by Crippen LogP contribution is 2.28. The van der Waals surface area contributed by atoms with Crippen molar-refractivity contribution in [3.8, 4) is 0 Å². The Labute approximate surface area is 222 Å². The Morgan fingerprint density at radius 3 is 1.61 bits per heavy atom. The highest BCUT2D eigenvalue weighted by Gasteiger charge is 2.19. The van der Waals surface area contributed by atoms with E-state index in [0.29, 0.717) is 40.9 Å². The van der Waals surface area contributed by atoms with Gasteiger partial charge in [0, 0.05) is 25.8 Å². The van der Waals surface area contributed by atoms with Crippen LogP contribution in [0.2, 0.25) is 0 Å². The molecule has 0 radical (unpaired) electrons. The topological polar surface area (TPSA) is 148 Å². The number of Topliss-reactive ketones (excluding diaryl/α,β-unsaturated/α-hetero) is 1. The number of aliphatic hydroxyl groups excluding tert-OH is 1. The van der Waals surface area contributed by atoms with Gasteiger partial charge in [-0.25, -0.2) is 9.59 Å². The number of hydrogen-bond donors (Lipinski definition) is 3. The van der Waals surface area contributed by atoms with E-state index in [-0.39, 0.29) is 28.7 Å². The molecule has 1 atom stereocenters. The minimum atomic E-state index is -0.644. The van der Waals surface area contributed by atoms with Gasteiger partial charge in [0.25, 0.3) is 0 Å². The highest BCUT2D eigenvalue weighted by molar-refractivity contribution is 6.05. The molecule has 0 saturated heterocycles. The van der Waals surface area contributed by atoms with E-state index in [9.17, 15) is 29.1 Å². The summed E-state index contributed by atoms with van der Waals surface area (Å²) in [5, 5.41) is 15.1. The van der Waals surface area contributed by atoms with Crippen LogP contribution < -0.4 is 10.6 Å². The third-order valence-electron chi connectivity index (χ3n) is 5.57. The number of benzene rings is 2. The van der Waals surface area contributed by atoms with Crippen LogP contribution in [0.3, 0.4) is 0 Å². The Morgan fingerprint density at radius 1 is 0.763 bits per heavy atom. The van der Waals surface area contributed by atoms with Gasteiger partial charge < -0.3 is 25.2 Å². The SMILES string of the molecule is CCC(=O)c1cc(C(=O)OC)c(NC(C)=O)cc1C.CCC(O)c1cc(C(=O)OC)c(NC(C)=O)cc1C. The number of carbonyl (C=O) groups excluding carboxylic acids is 5. The predicted molar refractivity (Wildman–Crippen MR) is 144 cm³/mol. The molecule has 1 unspecified atom stereocenters. The molecule has 206 valence electrons.